The third-order valence-electron chi connectivity index (χ3n) is 2.09. The molecule has 0 aromatic carbocycles. The van der Waals surface area contributed by atoms with Crippen molar-refractivity contribution in [3.8, 4) is 5.88 Å². The van der Waals surface area contributed by atoms with E-state index in [1.54, 1.807) is 6.20 Å². The molecule has 0 spiro atoms. The van der Waals surface area contributed by atoms with E-state index >= 15 is 0 Å². The molecule has 0 unspecified atom stereocenters. The normalized spacial score (nSPS) is 18.5. The summed E-state index contributed by atoms with van der Waals surface area (Å²) in [6.07, 6.45) is 4.46. The van der Waals surface area contributed by atoms with Crippen LogP contribution in [0.3, 0.4) is 0 Å². The SMILES string of the molecule is c1ccc(OC2CCSCC2)nc1. The molecule has 0 atom stereocenters. The van der Waals surface area contributed by atoms with Crippen LogP contribution in [-0.2, 0) is 0 Å². The minimum absolute atomic E-state index is 0.385. The Kier molecular flexibility index (Phi) is 3.08. The fourth-order valence-electron chi connectivity index (χ4n) is 1.38. The van der Waals surface area contributed by atoms with Gasteiger partial charge in [-0.1, -0.05) is 6.07 Å². The predicted octanol–water partition coefficient (Wildman–Crippen LogP) is 2.36. The lowest BCUT2D eigenvalue weighted by molar-refractivity contribution is 0.184. The number of thioether (sulfide) groups is 1. The van der Waals surface area contributed by atoms with Gasteiger partial charge in [-0.3, -0.25) is 0 Å². The minimum atomic E-state index is 0.385. The van der Waals surface area contributed by atoms with Gasteiger partial charge in [-0.2, -0.15) is 11.8 Å². The summed E-state index contributed by atoms with van der Waals surface area (Å²) < 4.78 is 5.73. The molecule has 0 aliphatic carbocycles. The smallest absolute Gasteiger partial charge is 0.213 e. The summed E-state index contributed by atoms with van der Waals surface area (Å²) in [4.78, 5) is 4.14. The summed E-state index contributed by atoms with van der Waals surface area (Å²) in [5.74, 6) is 3.20. The van der Waals surface area contributed by atoms with Gasteiger partial charge in [-0.15, -0.1) is 0 Å². The maximum absolute atomic E-state index is 5.73. The van der Waals surface area contributed by atoms with Gasteiger partial charge < -0.3 is 4.74 Å². The van der Waals surface area contributed by atoms with Crippen LogP contribution in [0.25, 0.3) is 0 Å². The second-order valence-electron chi connectivity index (χ2n) is 3.10. The van der Waals surface area contributed by atoms with E-state index in [4.69, 9.17) is 4.74 Å². The molecule has 1 aromatic heterocycles. The third kappa shape index (κ3) is 2.62. The fraction of sp³-hybridized carbons (Fsp3) is 0.500. The van der Waals surface area contributed by atoms with Crippen molar-refractivity contribution >= 4 is 11.8 Å². The Morgan fingerprint density at radius 2 is 2.15 bits per heavy atom. The molecule has 0 saturated carbocycles. The largest absolute Gasteiger partial charge is 0.474 e. The van der Waals surface area contributed by atoms with Crippen LogP contribution in [0.1, 0.15) is 12.8 Å². The van der Waals surface area contributed by atoms with Crippen molar-refractivity contribution in [3.05, 3.63) is 24.4 Å². The first-order valence-electron chi connectivity index (χ1n) is 4.60. The number of aromatic nitrogens is 1. The number of pyridine rings is 1. The number of nitrogens with zero attached hydrogens (tertiary/aromatic N) is 1. The van der Waals surface area contributed by atoms with Gasteiger partial charge in [0.25, 0.3) is 0 Å². The Bertz CT molecular complexity index is 246. The fourth-order valence-corrected chi connectivity index (χ4v) is 2.44. The van der Waals surface area contributed by atoms with Gasteiger partial charge >= 0.3 is 0 Å². The molecular weight excluding hydrogens is 182 g/mol. The summed E-state index contributed by atoms with van der Waals surface area (Å²) in [5.41, 5.74) is 0. The van der Waals surface area contributed by atoms with E-state index in [1.807, 2.05) is 30.0 Å². The van der Waals surface area contributed by atoms with Crippen LogP contribution in [0.5, 0.6) is 5.88 Å². The van der Waals surface area contributed by atoms with Gasteiger partial charge in [0.1, 0.15) is 6.10 Å². The maximum Gasteiger partial charge on any atom is 0.213 e. The minimum Gasteiger partial charge on any atom is -0.474 e. The Balaban J connectivity index is 1.90. The van der Waals surface area contributed by atoms with E-state index in [0.717, 1.165) is 18.7 Å². The summed E-state index contributed by atoms with van der Waals surface area (Å²) in [5, 5.41) is 0. The number of ether oxygens (including phenoxy) is 1. The molecule has 0 N–H and O–H groups in total. The van der Waals surface area contributed by atoms with E-state index in [0.29, 0.717) is 6.10 Å². The number of hydrogen-bond donors (Lipinski definition) is 0. The van der Waals surface area contributed by atoms with Gasteiger partial charge in [-0.05, 0) is 30.4 Å². The highest BCUT2D eigenvalue weighted by atomic mass is 32.2. The highest BCUT2D eigenvalue weighted by molar-refractivity contribution is 7.99. The zero-order valence-electron chi connectivity index (χ0n) is 7.48. The molecule has 13 heavy (non-hydrogen) atoms. The van der Waals surface area contributed by atoms with Gasteiger partial charge in [-0.25, -0.2) is 4.98 Å². The van der Waals surface area contributed by atoms with Crippen molar-refractivity contribution in [3.63, 3.8) is 0 Å². The molecule has 0 bridgehead atoms. The summed E-state index contributed by atoms with van der Waals surface area (Å²) in [6, 6.07) is 5.78. The highest BCUT2D eigenvalue weighted by Crippen LogP contribution is 2.20. The molecular formula is C10H13NOS. The number of hydrogen-bond acceptors (Lipinski definition) is 3. The molecule has 2 heterocycles. The van der Waals surface area contributed by atoms with Crippen LogP contribution in [0, 0.1) is 0 Å². The first kappa shape index (κ1) is 8.88. The zero-order chi connectivity index (χ0) is 8.93. The van der Waals surface area contributed by atoms with Crippen molar-refractivity contribution in [1.29, 1.82) is 0 Å². The third-order valence-corrected chi connectivity index (χ3v) is 3.14. The standard InChI is InChI=1S/C10H13NOS/c1-2-6-11-10(3-1)12-9-4-7-13-8-5-9/h1-3,6,9H,4-5,7-8H2. The van der Waals surface area contributed by atoms with E-state index < -0.39 is 0 Å². The van der Waals surface area contributed by atoms with Gasteiger partial charge in [0.05, 0.1) is 0 Å². The van der Waals surface area contributed by atoms with E-state index in [-0.39, 0.29) is 0 Å². The first-order chi connectivity index (χ1) is 6.45. The Morgan fingerprint density at radius 1 is 1.31 bits per heavy atom. The molecule has 1 aromatic rings. The van der Waals surface area contributed by atoms with Crippen LogP contribution >= 0.6 is 11.8 Å². The van der Waals surface area contributed by atoms with Gasteiger partial charge in [0.15, 0.2) is 0 Å². The van der Waals surface area contributed by atoms with Crippen LogP contribution in [-0.4, -0.2) is 22.6 Å². The van der Waals surface area contributed by atoms with Crippen molar-refractivity contribution < 1.29 is 4.74 Å². The van der Waals surface area contributed by atoms with E-state index in [9.17, 15) is 0 Å². The predicted molar refractivity (Wildman–Crippen MR) is 55.2 cm³/mol. The Hall–Kier alpha value is -0.700. The molecule has 0 radical (unpaired) electrons. The maximum atomic E-state index is 5.73. The van der Waals surface area contributed by atoms with Crippen molar-refractivity contribution in [2.24, 2.45) is 0 Å². The van der Waals surface area contributed by atoms with Crippen molar-refractivity contribution in [2.45, 2.75) is 18.9 Å². The van der Waals surface area contributed by atoms with E-state index in [1.165, 1.54) is 11.5 Å². The summed E-state index contributed by atoms with van der Waals surface area (Å²) >= 11 is 2.01. The van der Waals surface area contributed by atoms with Crippen molar-refractivity contribution in [1.82, 2.24) is 4.98 Å². The van der Waals surface area contributed by atoms with Crippen LogP contribution in [0.2, 0.25) is 0 Å². The molecule has 1 aliphatic rings. The average molecular weight is 195 g/mol. The second kappa shape index (κ2) is 4.51. The Morgan fingerprint density at radius 3 is 2.85 bits per heavy atom. The molecule has 3 heteroatoms. The molecule has 70 valence electrons. The lowest BCUT2D eigenvalue weighted by Crippen LogP contribution is -2.22. The second-order valence-corrected chi connectivity index (χ2v) is 4.32. The topological polar surface area (TPSA) is 22.1 Å². The average Bonchev–Trinajstić information content (AvgIpc) is 2.21. The molecule has 1 aliphatic heterocycles. The molecule has 1 saturated heterocycles. The quantitative estimate of drug-likeness (QED) is 0.723. The van der Waals surface area contributed by atoms with Crippen LogP contribution in [0.4, 0.5) is 0 Å². The first-order valence-corrected chi connectivity index (χ1v) is 5.76. The number of rotatable bonds is 2. The lowest BCUT2D eigenvalue weighted by Gasteiger charge is -2.21. The monoisotopic (exact) mass is 195 g/mol. The van der Waals surface area contributed by atoms with Gasteiger partial charge in [0, 0.05) is 12.3 Å². The summed E-state index contributed by atoms with van der Waals surface area (Å²) in [6.45, 7) is 0. The van der Waals surface area contributed by atoms with E-state index in [2.05, 4.69) is 4.98 Å². The van der Waals surface area contributed by atoms with Crippen LogP contribution in [0.15, 0.2) is 24.4 Å². The lowest BCUT2D eigenvalue weighted by atomic mass is 10.2. The molecule has 2 nitrogen and oxygen atoms in total. The summed E-state index contributed by atoms with van der Waals surface area (Å²) in [7, 11) is 0. The molecule has 2 rings (SSSR count). The van der Waals surface area contributed by atoms with Gasteiger partial charge in [0.2, 0.25) is 5.88 Å². The zero-order valence-corrected chi connectivity index (χ0v) is 8.30. The Labute approximate surface area is 82.7 Å². The highest BCUT2D eigenvalue weighted by Gasteiger charge is 2.14. The molecule has 1 fully saturated rings. The van der Waals surface area contributed by atoms with Crippen molar-refractivity contribution in [2.75, 3.05) is 11.5 Å². The molecule has 0 amide bonds. The van der Waals surface area contributed by atoms with Crippen LogP contribution < -0.4 is 4.74 Å².